The van der Waals surface area contributed by atoms with Gasteiger partial charge in [-0.1, -0.05) is 18.2 Å². The predicted molar refractivity (Wildman–Crippen MR) is 73.4 cm³/mol. The average Bonchev–Trinajstić information content (AvgIpc) is 2.35. The van der Waals surface area contributed by atoms with Gasteiger partial charge in [-0.25, -0.2) is 4.39 Å². The zero-order valence-corrected chi connectivity index (χ0v) is 10.8. The molecule has 98 valence electrons. The van der Waals surface area contributed by atoms with E-state index in [9.17, 15) is 4.39 Å². The van der Waals surface area contributed by atoms with Gasteiger partial charge < -0.3 is 10.5 Å². The van der Waals surface area contributed by atoms with E-state index in [1.54, 1.807) is 18.2 Å². The van der Waals surface area contributed by atoms with Crippen molar-refractivity contribution in [3.8, 4) is 11.5 Å². The minimum absolute atomic E-state index is 0.0762. The fourth-order valence-electron chi connectivity index (χ4n) is 1.79. The molecule has 0 aliphatic heterocycles. The first-order valence-electron chi connectivity index (χ1n) is 5.87. The Labute approximate surface area is 111 Å². The number of halogens is 1. The van der Waals surface area contributed by atoms with Crippen LogP contribution < -0.4 is 10.5 Å². The second kappa shape index (κ2) is 5.10. The summed E-state index contributed by atoms with van der Waals surface area (Å²) in [6.45, 7) is 3.69. The maximum Gasteiger partial charge on any atom is 0.141 e. The number of para-hydroxylation sites is 1. The van der Waals surface area contributed by atoms with Gasteiger partial charge in [-0.15, -0.1) is 0 Å². The van der Waals surface area contributed by atoms with Crippen molar-refractivity contribution >= 4 is 5.84 Å². The maximum atomic E-state index is 13.3. The molecular weight excluding hydrogens is 243 g/mol. The standard InChI is InChI=1S/C15H15FN2O/c1-9-6-7-11(16)8-13(9)19-14-10(2)4-3-5-12(14)15(17)18/h3-8H,1-2H3,(H3,17,18). The molecule has 3 nitrogen and oxygen atoms in total. The lowest BCUT2D eigenvalue weighted by atomic mass is 10.1. The van der Waals surface area contributed by atoms with E-state index in [4.69, 9.17) is 15.9 Å². The Morgan fingerprint density at radius 1 is 1.16 bits per heavy atom. The van der Waals surface area contributed by atoms with Crippen molar-refractivity contribution in [1.82, 2.24) is 0 Å². The molecule has 0 aliphatic carbocycles. The average molecular weight is 258 g/mol. The summed E-state index contributed by atoms with van der Waals surface area (Å²) in [5, 5.41) is 7.56. The highest BCUT2D eigenvalue weighted by atomic mass is 19.1. The molecule has 0 bridgehead atoms. The Kier molecular flexibility index (Phi) is 3.51. The third-order valence-corrected chi connectivity index (χ3v) is 2.86. The first-order chi connectivity index (χ1) is 8.99. The number of ether oxygens (including phenoxy) is 1. The lowest BCUT2D eigenvalue weighted by Crippen LogP contribution is -2.13. The summed E-state index contributed by atoms with van der Waals surface area (Å²) in [6, 6.07) is 9.72. The Balaban J connectivity index is 2.49. The van der Waals surface area contributed by atoms with E-state index in [0.29, 0.717) is 17.1 Å². The molecule has 0 amide bonds. The third kappa shape index (κ3) is 2.73. The molecular formula is C15H15FN2O. The molecule has 3 N–H and O–H groups in total. The van der Waals surface area contributed by atoms with Crippen molar-refractivity contribution in [2.75, 3.05) is 0 Å². The highest BCUT2D eigenvalue weighted by molar-refractivity contribution is 5.98. The van der Waals surface area contributed by atoms with Gasteiger partial charge in [0.15, 0.2) is 0 Å². The van der Waals surface area contributed by atoms with E-state index in [0.717, 1.165) is 11.1 Å². The Morgan fingerprint density at radius 3 is 2.58 bits per heavy atom. The van der Waals surface area contributed by atoms with Gasteiger partial charge >= 0.3 is 0 Å². The summed E-state index contributed by atoms with van der Waals surface area (Å²) in [5.74, 6) is 0.479. The third-order valence-electron chi connectivity index (χ3n) is 2.86. The number of nitrogens with two attached hydrogens (primary N) is 1. The topological polar surface area (TPSA) is 59.1 Å². The minimum Gasteiger partial charge on any atom is -0.456 e. The van der Waals surface area contributed by atoms with Crippen molar-refractivity contribution in [2.45, 2.75) is 13.8 Å². The van der Waals surface area contributed by atoms with Crippen molar-refractivity contribution in [3.63, 3.8) is 0 Å². The van der Waals surface area contributed by atoms with Crippen molar-refractivity contribution in [1.29, 1.82) is 5.41 Å². The summed E-state index contributed by atoms with van der Waals surface area (Å²) < 4.78 is 19.0. The normalized spacial score (nSPS) is 10.3. The number of hydrogen-bond donors (Lipinski definition) is 2. The van der Waals surface area contributed by atoms with Crippen LogP contribution in [0.1, 0.15) is 16.7 Å². The van der Waals surface area contributed by atoms with E-state index in [1.165, 1.54) is 12.1 Å². The van der Waals surface area contributed by atoms with Gasteiger partial charge in [0, 0.05) is 6.07 Å². The Morgan fingerprint density at radius 2 is 1.89 bits per heavy atom. The first kappa shape index (κ1) is 13.1. The molecule has 0 aliphatic rings. The molecule has 4 heteroatoms. The Hall–Kier alpha value is -2.36. The number of nitrogens with one attached hydrogen (secondary N) is 1. The number of aryl methyl sites for hydroxylation is 2. The van der Waals surface area contributed by atoms with Crippen molar-refractivity contribution in [2.24, 2.45) is 5.73 Å². The number of amidine groups is 1. The highest BCUT2D eigenvalue weighted by Crippen LogP contribution is 2.31. The van der Waals surface area contributed by atoms with Gasteiger partial charge in [0.05, 0.1) is 5.56 Å². The van der Waals surface area contributed by atoms with Crippen LogP contribution in [0.25, 0.3) is 0 Å². The second-order valence-corrected chi connectivity index (χ2v) is 4.38. The van der Waals surface area contributed by atoms with Crippen molar-refractivity contribution < 1.29 is 9.13 Å². The maximum absolute atomic E-state index is 13.3. The van der Waals surface area contributed by atoms with E-state index in [2.05, 4.69) is 0 Å². The van der Waals surface area contributed by atoms with Crippen LogP contribution >= 0.6 is 0 Å². The van der Waals surface area contributed by atoms with E-state index < -0.39 is 0 Å². The fourth-order valence-corrected chi connectivity index (χ4v) is 1.79. The van der Waals surface area contributed by atoms with Crippen LogP contribution in [0.5, 0.6) is 11.5 Å². The van der Waals surface area contributed by atoms with Crippen LogP contribution in [-0.4, -0.2) is 5.84 Å². The quantitative estimate of drug-likeness (QED) is 0.653. The van der Waals surface area contributed by atoms with E-state index in [-0.39, 0.29) is 11.7 Å². The molecule has 0 radical (unpaired) electrons. The summed E-state index contributed by atoms with van der Waals surface area (Å²) in [7, 11) is 0. The van der Waals surface area contributed by atoms with Gasteiger partial charge in [-0.3, -0.25) is 5.41 Å². The zero-order chi connectivity index (χ0) is 14.0. The zero-order valence-electron chi connectivity index (χ0n) is 10.8. The number of nitrogen functional groups attached to an aromatic ring is 1. The molecule has 2 aromatic carbocycles. The SMILES string of the molecule is Cc1ccc(F)cc1Oc1c(C)cccc1C(=N)N. The second-order valence-electron chi connectivity index (χ2n) is 4.38. The molecule has 0 spiro atoms. The number of hydrogen-bond acceptors (Lipinski definition) is 2. The highest BCUT2D eigenvalue weighted by Gasteiger charge is 2.12. The molecule has 0 unspecified atom stereocenters. The van der Waals surface area contributed by atoms with Crippen LogP contribution in [-0.2, 0) is 0 Å². The number of benzene rings is 2. The molecule has 0 heterocycles. The summed E-state index contributed by atoms with van der Waals surface area (Å²) in [4.78, 5) is 0. The molecule has 0 aromatic heterocycles. The van der Waals surface area contributed by atoms with Gasteiger partial charge in [-0.2, -0.15) is 0 Å². The number of rotatable bonds is 3. The monoisotopic (exact) mass is 258 g/mol. The fraction of sp³-hybridized carbons (Fsp3) is 0.133. The van der Waals surface area contributed by atoms with Crippen LogP contribution in [0.15, 0.2) is 36.4 Å². The largest absolute Gasteiger partial charge is 0.456 e. The van der Waals surface area contributed by atoms with E-state index in [1.807, 2.05) is 19.9 Å². The van der Waals surface area contributed by atoms with Crippen LogP contribution in [0.2, 0.25) is 0 Å². The van der Waals surface area contributed by atoms with Crippen LogP contribution in [0.4, 0.5) is 4.39 Å². The molecule has 2 rings (SSSR count). The summed E-state index contributed by atoms with van der Waals surface area (Å²) >= 11 is 0. The summed E-state index contributed by atoms with van der Waals surface area (Å²) in [6.07, 6.45) is 0. The molecule has 0 atom stereocenters. The molecule has 0 saturated carbocycles. The minimum atomic E-state index is -0.362. The van der Waals surface area contributed by atoms with Gasteiger partial charge in [0.1, 0.15) is 23.2 Å². The van der Waals surface area contributed by atoms with Gasteiger partial charge in [0.25, 0.3) is 0 Å². The molecule has 2 aromatic rings. The lowest BCUT2D eigenvalue weighted by Gasteiger charge is -2.14. The molecule has 0 saturated heterocycles. The summed E-state index contributed by atoms with van der Waals surface area (Å²) in [5.41, 5.74) is 7.70. The van der Waals surface area contributed by atoms with E-state index >= 15 is 0 Å². The Bertz CT molecular complexity index is 638. The molecule has 19 heavy (non-hydrogen) atoms. The predicted octanol–water partition coefficient (Wildman–Crippen LogP) is 3.52. The van der Waals surface area contributed by atoms with Crippen LogP contribution in [0.3, 0.4) is 0 Å². The van der Waals surface area contributed by atoms with Crippen LogP contribution in [0, 0.1) is 25.1 Å². The molecule has 0 fully saturated rings. The lowest BCUT2D eigenvalue weighted by molar-refractivity contribution is 0.468. The van der Waals surface area contributed by atoms with Gasteiger partial charge in [-0.05, 0) is 37.1 Å². The van der Waals surface area contributed by atoms with Crippen molar-refractivity contribution in [3.05, 3.63) is 58.9 Å². The smallest absolute Gasteiger partial charge is 0.141 e. The first-order valence-corrected chi connectivity index (χ1v) is 5.87. The van der Waals surface area contributed by atoms with Gasteiger partial charge in [0.2, 0.25) is 0 Å².